The van der Waals surface area contributed by atoms with E-state index in [4.69, 9.17) is 14.7 Å². The first-order chi connectivity index (χ1) is 10.6. The Morgan fingerprint density at radius 1 is 0.583 bits per heavy atom. The molecule has 1 saturated carbocycles. The quantitative estimate of drug-likeness (QED) is 0.189. The van der Waals surface area contributed by atoms with Crippen LogP contribution in [0.4, 0.5) is 0 Å². The molecule has 1 aliphatic rings. The summed E-state index contributed by atoms with van der Waals surface area (Å²) in [5.41, 5.74) is 0. The van der Waals surface area contributed by atoms with Gasteiger partial charge in [-0.05, 0) is 0 Å². The number of aliphatic hydroxyl groups excluding tert-OH is 5. The molecule has 1 rings (SSSR count). The molecule has 0 radical (unpaired) electrons. The highest BCUT2D eigenvalue weighted by Crippen LogP contribution is 2.66. The maximum Gasteiger partial charge on any atom is 0.490 e. The summed E-state index contributed by atoms with van der Waals surface area (Å²) in [7, 11) is -17.2. The van der Waals surface area contributed by atoms with Crippen LogP contribution in [0.15, 0.2) is 0 Å². The number of hydrogen-bond donors (Lipinski definition) is 9. The van der Waals surface area contributed by atoms with Crippen LogP contribution in [0.5, 0.6) is 0 Å². The molecule has 0 aromatic carbocycles. The SMILES string of the molecule is O=P(O)(O)OP(=O)(O)OP(=O)(O)OC1[C@@H](O)[C@H](O)C(O)[C@H](O)[C@@H]1O. The van der Waals surface area contributed by atoms with Gasteiger partial charge in [-0.25, -0.2) is 13.7 Å². The first-order valence-electron chi connectivity index (χ1n) is 5.79. The Morgan fingerprint density at radius 2 is 0.958 bits per heavy atom. The van der Waals surface area contributed by atoms with E-state index in [-0.39, 0.29) is 0 Å². The Bertz CT molecular complexity index is 570. The number of hydrogen-bond acceptors (Lipinski definition) is 11. The van der Waals surface area contributed by atoms with Crippen molar-refractivity contribution in [2.45, 2.75) is 36.6 Å². The molecule has 0 aromatic heterocycles. The van der Waals surface area contributed by atoms with E-state index in [1.807, 2.05) is 0 Å². The van der Waals surface area contributed by atoms with E-state index in [1.54, 1.807) is 0 Å². The molecule has 18 heteroatoms. The Morgan fingerprint density at radius 3 is 1.33 bits per heavy atom. The van der Waals surface area contributed by atoms with E-state index in [1.165, 1.54) is 0 Å². The minimum Gasteiger partial charge on any atom is -0.387 e. The summed E-state index contributed by atoms with van der Waals surface area (Å²) < 4.78 is 44.1. The van der Waals surface area contributed by atoms with E-state index >= 15 is 0 Å². The van der Waals surface area contributed by atoms with E-state index in [0.717, 1.165) is 0 Å². The van der Waals surface area contributed by atoms with Crippen LogP contribution >= 0.6 is 23.5 Å². The van der Waals surface area contributed by atoms with Gasteiger partial charge in [0.25, 0.3) is 0 Å². The molecule has 9 N–H and O–H groups in total. The zero-order valence-corrected chi connectivity index (χ0v) is 14.0. The van der Waals surface area contributed by atoms with Crippen molar-refractivity contribution in [3.8, 4) is 0 Å². The third kappa shape index (κ3) is 5.88. The number of rotatable bonds is 6. The molecule has 0 spiro atoms. The van der Waals surface area contributed by atoms with Crippen LogP contribution in [0, 0.1) is 0 Å². The van der Waals surface area contributed by atoms with Crippen LogP contribution in [0.3, 0.4) is 0 Å². The average molecular weight is 420 g/mol. The van der Waals surface area contributed by atoms with Crippen molar-refractivity contribution < 1.29 is 71.9 Å². The zero-order chi connectivity index (χ0) is 19.1. The van der Waals surface area contributed by atoms with E-state index in [0.29, 0.717) is 0 Å². The van der Waals surface area contributed by atoms with Crippen molar-refractivity contribution >= 4 is 23.5 Å². The summed E-state index contributed by atoms with van der Waals surface area (Å²) >= 11 is 0. The van der Waals surface area contributed by atoms with Gasteiger partial charge in [-0.3, -0.25) is 4.52 Å². The van der Waals surface area contributed by atoms with Gasteiger partial charge < -0.3 is 45.1 Å². The van der Waals surface area contributed by atoms with Gasteiger partial charge in [-0.2, -0.15) is 8.62 Å². The van der Waals surface area contributed by atoms with Gasteiger partial charge >= 0.3 is 23.5 Å². The van der Waals surface area contributed by atoms with Gasteiger partial charge in [-0.15, -0.1) is 0 Å². The van der Waals surface area contributed by atoms with Crippen LogP contribution in [0.1, 0.15) is 0 Å². The largest absolute Gasteiger partial charge is 0.490 e. The Kier molecular flexibility index (Phi) is 6.90. The molecule has 4 unspecified atom stereocenters. The van der Waals surface area contributed by atoms with Gasteiger partial charge in [0.15, 0.2) is 0 Å². The molecule has 24 heavy (non-hydrogen) atoms. The molecule has 0 aromatic rings. The first-order valence-corrected chi connectivity index (χ1v) is 10.3. The number of aliphatic hydroxyl groups is 5. The van der Waals surface area contributed by atoms with Gasteiger partial charge in [0.2, 0.25) is 0 Å². The van der Waals surface area contributed by atoms with Crippen molar-refractivity contribution in [1.82, 2.24) is 0 Å². The Balaban J connectivity index is 2.91. The topological polar surface area (TPSA) is 261 Å². The summed E-state index contributed by atoms with van der Waals surface area (Å²) in [6.45, 7) is 0. The molecule has 0 amide bonds. The van der Waals surface area contributed by atoms with Crippen LogP contribution in [-0.4, -0.2) is 81.7 Å². The lowest BCUT2D eigenvalue weighted by molar-refractivity contribution is -0.219. The fourth-order valence-corrected chi connectivity index (χ4v) is 4.99. The molecule has 15 nitrogen and oxygen atoms in total. The Labute approximate surface area is 133 Å². The lowest BCUT2D eigenvalue weighted by atomic mass is 9.85. The maximum absolute atomic E-state index is 11.6. The summed E-state index contributed by atoms with van der Waals surface area (Å²) in [5, 5.41) is 47.2. The Hall–Kier alpha value is 0.210. The highest BCUT2D eigenvalue weighted by Gasteiger charge is 2.52. The van der Waals surface area contributed by atoms with E-state index in [9.17, 15) is 44.1 Å². The molecule has 0 aliphatic heterocycles. The maximum atomic E-state index is 11.6. The monoisotopic (exact) mass is 420 g/mol. The van der Waals surface area contributed by atoms with Crippen molar-refractivity contribution in [2.75, 3.05) is 0 Å². The summed E-state index contributed by atoms with van der Waals surface area (Å²) in [4.78, 5) is 34.9. The lowest BCUT2D eigenvalue weighted by Crippen LogP contribution is -2.64. The van der Waals surface area contributed by atoms with E-state index in [2.05, 4.69) is 13.1 Å². The van der Waals surface area contributed by atoms with Crippen LogP contribution < -0.4 is 0 Å². The zero-order valence-electron chi connectivity index (χ0n) is 11.3. The van der Waals surface area contributed by atoms with Crippen LogP contribution in [-0.2, 0) is 26.8 Å². The molecular formula is C6H15O15P3. The van der Waals surface area contributed by atoms with Crippen molar-refractivity contribution in [3.05, 3.63) is 0 Å². The number of phosphoric ester groups is 1. The first kappa shape index (κ1) is 22.3. The molecule has 1 aliphatic carbocycles. The van der Waals surface area contributed by atoms with Gasteiger partial charge in [0.1, 0.15) is 36.6 Å². The second-order valence-corrected chi connectivity index (χ2v) is 8.99. The predicted octanol–water partition coefficient (Wildman–Crippen LogP) is -3.48. The predicted molar refractivity (Wildman–Crippen MR) is 68.8 cm³/mol. The third-order valence-corrected chi connectivity index (χ3v) is 6.58. The average Bonchev–Trinajstić information content (AvgIpc) is 2.35. The smallest absolute Gasteiger partial charge is 0.387 e. The minimum absolute atomic E-state index is 2.05. The van der Waals surface area contributed by atoms with Gasteiger partial charge in [-0.1, -0.05) is 0 Å². The standard InChI is InChI=1S/C6H15O15P3/c7-1-2(8)4(10)6(5(11)3(1)9)19-23(15,16)21-24(17,18)20-22(12,13)14/h1-11H,(H,15,16)(H,17,18)(H2,12,13,14)/t1?,2-,3+,4-,5-,6?/m0/s1. The molecule has 0 heterocycles. The van der Waals surface area contributed by atoms with Crippen molar-refractivity contribution in [1.29, 1.82) is 0 Å². The summed E-state index contributed by atoms with van der Waals surface area (Å²) in [6.07, 6.45) is -13.1. The highest BCUT2D eigenvalue weighted by atomic mass is 31.3. The lowest BCUT2D eigenvalue weighted by Gasteiger charge is -2.41. The second kappa shape index (κ2) is 7.45. The highest BCUT2D eigenvalue weighted by molar-refractivity contribution is 7.66. The van der Waals surface area contributed by atoms with E-state index < -0.39 is 60.1 Å². The van der Waals surface area contributed by atoms with Gasteiger partial charge in [0.05, 0.1) is 0 Å². The third-order valence-electron chi connectivity index (χ3n) is 2.74. The molecule has 144 valence electrons. The van der Waals surface area contributed by atoms with Crippen molar-refractivity contribution in [3.63, 3.8) is 0 Å². The normalized spacial score (nSPS) is 39.9. The molecule has 0 saturated heterocycles. The fourth-order valence-electron chi connectivity index (χ4n) is 1.77. The second-order valence-electron chi connectivity index (χ2n) is 4.61. The summed E-state index contributed by atoms with van der Waals surface area (Å²) in [6, 6.07) is 0. The van der Waals surface area contributed by atoms with Crippen LogP contribution in [0.25, 0.3) is 0 Å². The van der Waals surface area contributed by atoms with Crippen LogP contribution in [0.2, 0.25) is 0 Å². The summed E-state index contributed by atoms with van der Waals surface area (Å²) in [5.74, 6) is 0. The minimum atomic E-state index is -5.82. The molecule has 1 fully saturated rings. The fraction of sp³-hybridized carbons (Fsp3) is 1.00. The van der Waals surface area contributed by atoms with Crippen molar-refractivity contribution in [2.24, 2.45) is 0 Å². The molecular weight excluding hydrogens is 405 g/mol. The molecule has 8 atom stereocenters. The van der Waals surface area contributed by atoms with Gasteiger partial charge in [0, 0.05) is 0 Å². The molecule has 0 bridgehead atoms. The number of phosphoric acid groups is 3.